The summed E-state index contributed by atoms with van der Waals surface area (Å²) in [6.07, 6.45) is 3.94. The van der Waals surface area contributed by atoms with Crippen molar-refractivity contribution in [2.45, 2.75) is 19.4 Å². The van der Waals surface area contributed by atoms with Crippen LogP contribution < -0.4 is 10.6 Å². The molecule has 23 heavy (non-hydrogen) atoms. The number of nitrogens with one attached hydrogen (secondary N) is 2. The molecular formula is C19H19IN2O. The van der Waals surface area contributed by atoms with E-state index in [1.165, 1.54) is 25.9 Å². The van der Waals surface area contributed by atoms with Crippen LogP contribution in [-0.2, 0) is 19.4 Å². The Morgan fingerprint density at radius 3 is 2.96 bits per heavy atom. The Labute approximate surface area is 149 Å². The summed E-state index contributed by atoms with van der Waals surface area (Å²) in [4.78, 5) is 0. The van der Waals surface area contributed by atoms with E-state index in [9.17, 15) is 0 Å². The number of benzene rings is 2. The van der Waals surface area contributed by atoms with E-state index < -0.39 is 0 Å². The van der Waals surface area contributed by atoms with Gasteiger partial charge in [0.25, 0.3) is 0 Å². The number of furan rings is 1. The molecule has 1 aromatic heterocycles. The van der Waals surface area contributed by atoms with E-state index in [0.717, 1.165) is 43.4 Å². The number of hydrogen-bond donors (Lipinski definition) is 2. The maximum atomic E-state index is 5.50. The van der Waals surface area contributed by atoms with Crippen molar-refractivity contribution >= 4 is 39.2 Å². The lowest BCUT2D eigenvalue weighted by atomic mass is 10.0. The van der Waals surface area contributed by atoms with Crippen molar-refractivity contribution in [2.24, 2.45) is 0 Å². The zero-order valence-electron chi connectivity index (χ0n) is 12.9. The first-order valence-corrected chi connectivity index (χ1v) is 9.10. The highest BCUT2D eigenvalue weighted by molar-refractivity contribution is 14.1. The maximum Gasteiger partial charge on any atom is 0.134 e. The Morgan fingerprint density at radius 1 is 1.09 bits per heavy atom. The van der Waals surface area contributed by atoms with E-state index in [-0.39, 0.29) is 0 Å². The molecule has 4 rings (SSSR count). The summed E-state index contributed by atoms with van der Waals surface area (Å²) < 4.78 is 6.80. The fraction of sp³-hybridized carbons (Fsp3) is 0.263. The van der Waals surface area contributed by atoms with Gasteiger partial charge in [-0.3, -0.25) is 0 Å². The third-order valence-electron chi connectivity index (χ3n) is 4.47. The van der Waals surface area contributed by atoms with Gasteiger partial charge in [0.05, 0.1) is 12.0 Å². The van der Waals surface area contributed by atoms with E-state index in [4.69, 9.17) is 4.42 Å². The van der Waals surface area contributed by atoms with Crippen molar-refractivity contribution in [3.63, 3.8) is 0 Å². The van der Waals surface area contributed by atoms with Gasteiger partial charge in [-0.15, -0.1) is 0 Å². The van der Waals surface area contributed by atoms with Gasteiger partial charge in [0.1, 0.15) is 5.58 Å². The molecule has 2 heterocycles. The second-order valence-corrected chi connectivity index (χ2v) is 7.12. The predicted octanol–water partition coefficient (Wildman–Crippen LogP) is 4.34. The van der Waals surface area contributed by atoms with Crippen LogP contribution in [0.5, 0.6) is 0 Å². The van der Waals surface area contributed by atoms with Crippen molar-refractivity contribution in [2.75, 3.05) is 18.4 Å². The van der Waals surface area contributed by atoms with E-state index in [2.05, 4.69) is 63.6 Å². The molecule has 0 aliphatic carbocycles. The highest BCUT2D eigenvalue weighted by Crippen LogP contribution is 2.29. The molecule has 2 N–H and O–H groups in total. The van der Waals surface area contributed by atoms with Crippen LogP contribution in [0.2, 0.25) is 0 Å². The van der Waals surface area contributed by atoms with Gasteiger partial charge < -0.3 is 15.1 Å². The lowest BCUT2D eigenvalue weighted by molar-refractivity contribution is 0.615. The van der Waals surface area contributed by atoms with E-state index in [0.29, 0.717) is 0 Å². The summed E-state index contributed by atoms with van der Waals surface area (Å²) in [5, 5.41) is 8.31. The van der Waals surface area contributed by atoms with E-state index >= 15 is 0 Å². The number of anilines is 1. The second-order valence-electron chi connectivity index (χ2n) is 5.96. The molecule has 0 saturated heterocycles. The predicted molar refractivity (Wildman–Crippen MR) is 103 cm³/mol. The molecule has 1 aliphatic rings. The number of hydrogen-bond acceptors (Lipinski definition) is 3. The minimum Gasteiger partial charge on any atom is -0.464 e. The monoisotopic (exact) mass is 418 g/mol. The molecule has 0 unspecified atom stereocenters. The van der Waals surface area contributed by atoms with Gasteiger partial charge in [-0.1, -0.05) is 18.2 Å². The van der Waals surface area contributed by atoms with Crippen LogP contribution in [0.4, 0.5) is 5.69 Å². The van der Waals surface area contributed by atoms with Crippen LogP contribution in [-0.4, -0.2) is 13.1 Å². The first-order valence-electron chi connectivity index (χ1n) is 8.02. The van der Waals surface area contributed by atoms with Crippen molar-refractivity contribution in [1.82, 2.24) is 5.32 Å². The highest BCUT2D eigenvalue weighted by Gasteiger charge is 2.14. The Morgan fingerprint density at radius 2 is 2.00 bits per heavy atom. The Balaban J connectivity index is 1.60. The third kappa shape index (κ3) is 3.10. The molecule has 0 atom stereocenters. The van der Waals surface area contributed by atoms with Crippen LogP contribution in [0.25, 0.3) is 11.0 Å². The maximum absolute atomic E-state index is 5.50. The quantitative estimate of drug-likeness (QED) is 0.622. The molecule has 4 heteroatoms. The highest BCUT2D eigenvalue weighted by atomic mass is 127. The average Bonchev–Trinajstić information content (AvgIpc) is 2.90. The molecule has 0 fully saturated rings. The van der Waals surface area contributed by atoms with Crippen molar-refractivity contribution < 1.29 is 4.42 Å². The number of halogens is 1. The minimum absolute atomic E-state index is 0.816. The molecule has 2 aromatic carbocycles. The molecule has 0 amide bonds. The molecule has 0 saturated carbocycles. The lowest BCUT2D eigenvalue weighted by Crippen LogP contribution is -2.16. The van der Waals surface area contributed by atoms with E-state index in [1.807, 2.05) is 6.07 Å². The van der Waals surface area contributed by atoms with Crippen LogP contribution in [0.3, 0.4) is 0 Å². The summed E-state index contributed by atoms with van der Waals surface area (Å²) in [5.74, 6) is 0. The Bertz CT molecular complexity index is 841. The molecule has 0 bridgehead atoms. The molecule has 1 aliphatic heterocycles. The first kappa shape index (κ1) is 15.0. The van der Waals surface area contributed by atoms with Gasteiger partial charge >= 0.3 is 0 Å². The topological polar surface area (TPSA) is 37.2 Å². The zero-order valence-corrected chi connectivity index (χ0v) is 15.0. The summed E-state index contributed by atoms with van der Waals surface area (Å²) in [6, 6.07) is 12.9. The average molecular weight is 418 g/mol. The molecule has 3 nitrogen and oxygen atoms in total. The van der Waals surface area contributed by atoms with Gasteiger partial charge in [0, 0.05) is 15.5 Å². The largest absolute Gasteiger partial charge is 0.464 e. The van der Waals surface area contributed by atoms with Gasteiger partial charge in [-0.2, -0.15) is 0 Å². The first-order chi connectivity index (χ1) is 11.3. The smallest absolute Gasteiger partial charge is 0.134 e. The van der Waals surface area contributed by atoms with Gasteiger partial charge in [-0.25, -0.2) is 0 Å². The molecule has 0 radical (unpaired) electrons. The van der Waals surface area contributed by atoms with E-state index in [1.54, 1.807) is 6.26 Å². The summed E-state index contributed by atoms with van der Waals surface area (Å²) >= 11 is 2.43. The summed E-state index contributed by atoms with van der Waals surface area (Å²) in [6.45, 7) is 2.94. The molecule has 3 aromatic rings. The van der Waals surface area contributed by atoms with Crippen LogP contribution >= 0.6 is 22.6 Å². The van der Waals surface area contributed by atoms with Crippen LogP contribution in [0.1, 0.15) is 16.7 Å². The minimum atomic E-state index is 0.816. The number of rotatable bonds is 3. The standard InChI is InChI=1S/C19H19IN2O/c20-17-4-3-14-5-8-21-9-6-16(14)19(17)22-12-13-1-2-15-7-10-23-18(15)11-13/h1-4,7,10-11,21-22H,5-6,8-9,12H2. The van der Waals surface area contributed by atoms with Crippen LogP contribution in [0.15, 0.2) is 47.1 Å². The fourth-order valence-corrected chi connectivity index (χ4v) is 3.93. The van der Waals surface area contributed by atoms with Crippen molar-refractivity contribution in [3.05, 3.63) is 62.9 Å². The Hall–Kier alpha value is -1.53. The van der Waals surface area contributed by atoms with Crippen molar-refractivity contribution in [3.8, 4) is 0 Å². The van der Waals surface area contributed by atoms with Crippen molar-refractivity contribution in [1.29, 1.82) is 0 Å². The summed E-state index contributed by atoms with van der Waals surface area (Å²) in [5.41, 5.74) is 6.44. The zero-order chi connectivity index (χ0) is 15.6. The van der Waals surface area contributed by atoms with Crippen LogP contribution in [0, 0.1) is 3.57 Å². The van der Waals surface area contributed by atoms with Gasteiger partial charge in [-0.05, 0) is 83.4 Å². The summed E-state index contributed by atoms with van der Waals surface area (Å²) in [7, 11) is 0. The molecule has 118 valence electrons. The lowest BCUT2D eigenvalue weighted by Gasteiger charge is -2.16. The third-order valence-corrected chi connectivity index (χ3v) is 5.37. The SMILES string of the molecule is Ic1ccc2c(c1NCc1ccc3ccoc3c1)CCNCC2. The van der Waals surface area contributed by atoms with Gasteiger partial charge in [0.2, 0.25) is 0 Å². The molecular weight excluding hydrogens is 399 g/mol. The van der Waals surface area contributed by atoms with Gasteiger partial charge in [0.15, 0.2) is 0 Å². The second kappa shape index (κ2) is 6.53. The normalized spacial score (nSPS) is 14.5. The number of fused-ring (bicyclic) bond motifs is 2. The fourth-order valence-electron chi connectivity index (χ4n) is 3.23. The Kier molecular flexibility index (Phi) is 4.27. The molecule has 0 spiro atoms.